The maximum Gasteiger partial charge on any atom is 0.170 e. The van der Waals surface area contributed by atoms with Crippen molar-refractivity contribution in [1.29, 1.82) is 0 Å². The van der Waals surface area contributed by atoms with E-state index in [9.17, 15) is 0 Å². The molecule has 3 heteroatoms. The van der Waals surface area contributed by atoms with Crippen LogP contribution in [-0.2, 0) is 11.4 Å². The van der Waals surface area contributed by atoms with Crippen LogP contribution in [0.25, 0.3) is 10.8 Å². The minimum atomic E-state index is 0.460. The van der Waals surface area contributed by atoms with Crippen LogP contribution in [0.4, 0.5) is 0 Å². The van der Waals surface area contributed by atoms with Crippen LogP contribution in [-0.4, -0.2) is 5.84 Å². The highest BCUT2D eigenvalue weighted by Gasteiger charge is 2.13. The van der Waals surface area contributed by atoms with Gasteiger partial charge in [0, 0.05) is 11.1 Å². The summed E-state index contributed by atoms with van der Waals surface area (Å²) in [6, 6.07) is 12.4. The largest absolute Gasteiger partial charge is 0.389 e. The fraction of sp³-hybridized carbons (Fsp3) is 0.0833. The van der Waals surface area contributed by atoms with Crippen molar-refractivity contribution in [2.75, 3.05) is 0 Å². The number of nitrogens with zero attached hydrogens (tertiary/aromatic N) is 1. The Morgan fingerprint density at radius 2 is 1.87 bits per heavy atom. The van der Waals surface area contributed by atoms with E-state index < -0.39 is 0 Å². The molecule has 3 rings (SSSR count). The Balaban J connectivity index is 2.34. The molecule has 0 aromatic heterocycles. The van der Waals surface area contributed by atoms with Gasteiger partial charge in [0.2, 0.25) is 0 Å². The average molecular weight is 198 g/mol. The van der Waals surface area contributed by atoms with Crippen LogP contribution in [0.2, 0.25) is 0 Å². The van der Waals surface area contributed by atoms with Crippen molar-refractivity contribution in [2.45, 2.75) is 6.61 Å². The van der Waals surface area contributed by atoms with Crippen molar-refractivity contribution in [3.63, 3.8) is 0 Å². The lowest BCUT2D eigenvalue weighted by Crippen LogP contribution is -2.19. The van der Waals surface area contributed by atoms with Gasteiger partial charge in [-0.15, -0.1) is 0 Å². The summed E-state index contributed by atoms with van der Waals surface area (Å²) in [5, 5.41) is 6.15. The first kappa shape index (κ1) is 8.29. The maximum absolute atomic E-state index is 5.76. The van der Waals surface area contributed by atoms with Gasteiger partial charge in [-0.3, -0.25) is 0 Å². The summed E-state index contributed by atoms with van der Waals surface area (Å²) >= 11 is 0. The van der Waals surface area contributed by atoms with Crippen LogP contribution >= 0.6 is 0 Å². The van der Waals surface area contributed by atoms with Gasteiger partial charge >= 0.3 is 0 Å². The molecular formula is C12H10N2O. The molecule has 0 aliphatic carbocycles. The maximum atomic E-state index is 5.76. The first-order chi connectivity index (χ1) is 7.34. The van der Waals surface area contributed by atoms with E-state index in [0.29, 0.717) is 12.4 Å². The quantitative estimate of drug-likeness (QED) is 0.703. The first-order valence-electron chi connectivity index (χ1n) is 4.82. The Bertz CT molecular complexity index is 561. The number of rotatable bonds is 0. The number of oxime groups is 1. The monoisotopic (exact) mass is 198 g/mol. The second-order valence-electron chi connectivity index (χ2n) is 3.61. The number of hydrogen-bond acceptors (Lipinski definition) is 3. The van der Waals surface area contributed by atoms with Gasteiger partial charge in [0.15, 0.2) is 5.84 Å². The summed E-state index contributed by atoms with van der Waals surface area (Å²) < 4.78 is 0. The lowest BCUT2D eigenvalue weighted by molar-refractivity contribution is 0.125. The second-order valence-corrected chi connectivity index (χ2v) is 3.61. The molecule has 0 bridgehead atoms. The molecule has 2 aromatic carbocycles. The van der Waals surface area contributed by atoms with Crippen molar-refractivity contribution in [2.24, 2.45) is 10.9 Å². The van der Waals surface area contributed by atoms with Crippen molar-refractivity contribution in [3.05, 3.63) is 47.5 Å². The fourth-order valence-electron chi connectivity index (χ4n) is 1.87. The Morgan fingerprint density at radius 1 is 1.13 bits per heavy atom. The van der Waals surface area contributed by atoms with Crippen LogP contribution in [0.3, 0.4) is 0 Å². The molecule has 3 nitrogen and oxygen atoms in total. The highest BCUT2D eigenvalue weighted by molar-refractivity contribution is 6.02. The molecule has 2 aromatic rings. The van der Waals surface area contributed by atoms with Gasteiger partial charge in [-0.1, -0.05) is 29.4 Å². The number of hydrogen-bond donors (Lipinski definition) is 1. The Morgan fingerprint density at radius 3 is 2.67 bits per heavy atom. The molecule has 15 heavy (non-hydrogen) atoms. The molecule has 0 saturated carbocycles. The molecule has 0 fully saturated rings. The summed E-state index contributed by atoms with van der Waals surface area (Å²) in [6.07, 6.45) is 0. The zero-order valence-electron chi connectivity index (χ0n) is 8.10. The van der Waals surface area contributed by atoms with Crippen LogP contribution in [0.5, 0.6) is 0 Å². The summed E-state index contributed by atoms with van der Waals surface area (Å²) in [6.45, 7) is 0.501. The van der Waals surface area contributed by atoms with Crippen LogP contribution in [0.1, 0.15) is 11.1 Å². The Labute approximate surface area is 87.1 Å². The normalized spacial score (nSPS) is 14.3. The fourth-order valence-corrected chi connectivity index (χ4v) is 1.87. The van der Waals surface area contributed by atoms with E-state index in [-0.39, 0.29) is 0 Å². The van der Waals surface area contributed by atoms with Gasteiger partial charge in [0.05, 0.1) is 0 Å². The lowest BCUT2D eigenvalue weighted by atomic mass is 10.0. The average Bonchev–Trinajstić information content (AvgIpc) is 2.27. The van der Waals surface area contributed by atoms with Gasteiger partial charge in [0.1, 0.15) is 6.61 Å². The van der Waals surface area contributed by atoms with E-state index in [2.05, 4.69) is 29.4 Å². The van der Waals surface area contributed by atoms with Gasteiger partial charge in [0.25, 0.3) is 0 Å². The van der Waals surface area contributed by atoms with E-state index in [1.165, 1.54) is 10.8 Å². The van der Waals surface area contributed by atoms with Crippen LogP contribution in [0.15, 0.2) is 41.6 Å². The lowest BCUT2D eigenvalue weighted by Gasteiger charge is -2.14. The molecular weight excluding hydrogens is 188 g/mol. The molecule has 1 aliphatic rings. The van der Waals surface area contributed by atoms with E-state index in [1.807, 2.05) is 12.1 Å². The molecule has 0 spiro atoms. The standard InChI is InChI=1S/C12H10N2O/c13-12-11-6-9-4-2-1-3-8(9)5-10(11)7-15-14-12/h1-6H,7H2,(H2,13,14). The second kappa shape index (κ2) is 2.98. The number of amidine groups is 1. The molecule has 0 atom stereocenters. The summed E-state index contributed by atoms with van der Waals surface area (Å²) in [7, 11) is 0. The molecule has 0 radical (unpaired) electrons. The Hall–Kier alpha value is -2.03. The van der Waals surface area contributed by atoms with Crippen molar-refractivity contribution in [1.82, 2.24) is 0 Å². The van der Waals surface area contributed by atoms with Crippen molar-refractivity contribution >= 4 is 16.6 Å². The SMILES string of the molecule is NC1=NOCc2cc3ccccc3cc21. The molecule has 1 aliphatic heterocycles. The zero-order valence-corrected chi connectivity index (χ0v) is 8.10. The predicted octanol–water partition coefficient (Wildman–Crippen LogP) is 1.99. The van der Waals surface area contributed by atoms with Crippen molar-refractivity contribution in [3.8, 4) is 0 Å². The van der Waals surface area contributed by atoms with Crippen LogP contribution in [0, 0.1) is 0 Å². The summed E-state index contributed by atoms with van der Waals surface area (Å²) in [4.78, 5) is 5.02. The van der Waals surface area contributed by atoms with E-state index in [0.717, 1.165) is 11.1 Å². The third-order valence-electron chi connectivity index (χ3n) is 2.63. The van der Waals surface area contributed by atoms with Gasteiger partial charge in [-0.25, -0.2) is 0 Å². The molecule has 0 saturated heterocycles. The molecule has 0 unspecified atom stereocenters. The predicted molar refractivity (Wildman–Crippen MR) is 59.5 cm³/mol. The highest BCUT2D eigenvalue weighted by atomic mass is 16.6. The molecule has 0 amide bonds. The summed E-state index contributed by atoms with van der Waals surface area (Å²) in [5.74, 6) is 0.460. The topological polar surface area (TPSA) is 47.6 Å². The zero-order chi connectivity index (χ0) is 10.3. The van der Waals surface area contributed by atoms with Gasteiger partial charge < -0.3 is 10.6 Å². The Kier molecular flexibility index (Phi) is 1.65. The number of nitrogens with two attached hydrogens (primary N) is 1. The first-order valence-corrected chi connectivity index (χ1v) is 4.82. The van der Waals surface area contributed by atoms with Crippen molar-refractivity contribution < 1.29 is 4.84 Å². The molecule has 2 N–H and O–H groups in total. The highest BCUT2D eigenvalue weighted by Crippen LogP contribution is 2.22. The number of benzene rings is 2. The minimum Gasteiger partial charge on any atom is -0.389 e. The third-order valence-corrected chi connectivity index (χ3v) is 2.63. The smallest absolute Gasteiger partial charge is 0.170 e. The van der Waals surface area contributed by atoms with E-state index in [4.69, 9.17) is 10.6 Å². The summed E-state index contributed by atoms with van der Waals surface area (Å²) in [5.41, 5.74) is 7.85. The minimum absolute atomic E-state index is 0.460. The number of fused-ring (bicyclic) bond motifs is 2. The van der Waals surface area contributed by atoms with E-state index in [1.54, 1.807) is 0 Å². The van der Waals surface area contributed by atoms with Gasteiger partial charge in [-0.05, 0) is 22.9 Å². The van der Waals surface area contributed by atoms with Crippen LogP contribution < -0.4 is 5.73 Å². The molecule has 74 valence electrons. The molecule has 1 heterocycles. The third kappa shape index (κ3) is 1.24. The van der Waals surface area contributed by atoms with Gasteiger partial charge in [-0.2, -0.15) is 0 Å². The van der Waals surface area contributed by atoms with E-state index >= 15 is 0 Å².